The Morgan fingerprint density at radius 2 is 2.16 bits per heavy atom. The Hall–Kier alpha value is -2.08. The van der Waals surface area contributed by atoms with Gasteiger partial charge in [-0.2, -0.15) is 0 Å². The number of aromatic amines is 1. The summed E-state index contributed by atoms with van der Waals surface area (Å²) in [5.41, 5.74) is 0.993. The van der Waals surface area contributed by atoms with Crippen LogP contribution in [0.15, 0.2) is 46.4 Å². The van der Waals surface area contributed by atoms with Gasteiger partial charge in [-0.05, 0) is 30.3 Å². The SMILES string of the molecule is CCS(=O)(=O)c1ccc(O)c(N=Cc2ccc[nH]2)c1. The van der Waals surface area contributed by atoms with Crippen molar-refractivity contribution in [3.8, 4) is 5.75 Å². The van der Waals surface area contributed by atoms with Crippen molar-refractivity contribution < 1.29 is 13.5 Å². The molecule has 2 N–H and O–H groups in total. The highest BCUT2D eigenvalue weighted by molar-refractivity contribution is 7.91. The molecule has 1 aromatic carbocycles. The van der Waals surface area contributed by atoms with Gasteiger partial charge in [-0.3, -0.25) is 4.99 Å². The molecular formula is C13H14N2O3S. The molecule has 0 spiro atoms. The summed E-state index contributed by atoms with van der Waals surface area (Å²) in [5.74, 6) is -0.0461. The van der Waals surface area contributed by atoms with Crippen molar-refractivity contribution in [2.24, 2.45) is 4.99 Å². The number of nitrogens with zero attached hydrogens (tertiary/aromatic N) is 1. The van der Waals surface area contributed by atoms with E-state index in [2.05, 4.69) is 9.98 Å². The number of aromatic nitrogens is 1. The van der Waals surface area contributed by atoms with E-state index in [1.165, 1.54) is 24.4 Å². The predicted octanol–water partition coefficient (Wildman–Crippen LogP) is 2.26. The lowest BCUT2D eigenvalue weighted by atomic mass is 10.3. The number of rotatable bonds is 4. The summed E-state index contributed by atoms with van der Waals surface area (Å²) >= 11 is 0. The second-order valence-electron chi connectivity index (χ2n) is 3.94. The van der Waals surface area contributed by atoms with E-state index in [1.807, 2.05) is 12.1 Å². The highest BCUT2D eigenvalue weighted by Gasteiger charge is 2.13. The minimum absolute atomic E-state index is 0.0115. The summed E-state index contributed by atoms with van der Waals surface area (Å²) in [5, 5.41) is 9.68. The molecule has 1 heterocycles. The van der Waals surface area contributed by atoms with Gasteiger partial charge in [-0.25, -0.2) is 8.42 Å². The van der Waals surface area contributed by atoms with Crippen LogP contribution in [0.25, 0.3) is 0 Å². The van der Waals surface area contributed by atoms with Crippen LogP contribution >= 0.6 is 0 Å². The maximum Gasteiger partial charge on any atom is 0.178 e. The van der Waals surface area contributed by atoms with Gasteiger partial charge in [0.05, 0.1) is 22.6 Å². The molecule has 0 atom stereocenters. The van der Waals surface area contributed by atoms with Crippen LogP contribution < -0.4 is 0 Å². The predicted molar refractivity (Wildman–Crippen MR) is 73.9 cm³/mol. The van der Waals surface area contributed by atoms with Crippen molar-refractivity contribution in [2.45, 2.75) is 11.8 Å². The van der Waals surface area contributed by atoms with E-state index in [-0.39, 0.29) is 22.1 Å². The second-order valence-corrected chi connectivity index (χ2v) is 6.22. The molecule has 2 aromatic rings. The van der Waals surface area contributed by atoms with Crippen LogP contribution in [0.2, 0.25) is 0 Å². The molecular weight excluding hydrogens is 264 g/mol. The number of phenols is 1. The second kappa shape index (κ2) is 5.27. The molecule has 5 nitrogen and oxygen atoms in total. The maximum atomic E-state index is 11.8. The third kappa shape index (κ3) is 3.03. The van der Waals surface area contributed by atoms with Crippen LogP contribution in [-0.2, 0) is 9.84 Å². The van der Waals surface area contributed by atoms with Gasteiger partial charge in [0.25, 0.3) is 0 Å². The Bertz CT molecular complexity index is 689. The van der Waals surface area contributed by atoms with Gasteiger partial charge in [0.15, 0.2) is 9.84 Å². The van der Waals surface area contributed by atoms with Gasteiger partial charge >= 0.3 is 0 Å². The zero-order valence-electron chi connectivity index (χ0n) is 10.4. The number of hydrogen-bond donors (Lipinski definition) is 2. The molecule has 0 bridgehead atoms. The molecule has 0 aliphatic heterocycles. The van der Waals surface area contributed by atoms with Crippen LogP contribution in [0.5, 0.6) is 5.75 Å². The molecule has 0 saturated heterocycles. The summed E-state index contributed by atoms with van der Waals surface area (Å²) in [6, 6.07) is 7.71. The standard InChI is InChI=1S/C13H14N2O3S/c1-2-19(17,18)11-5-6-13(16)12(8-11)15-9-10-4-3-7-14-10/h3-9,14,16H,2H2,1H3. The van der Waals surface area contributed by atoms with E-state index in [9.17, 15) is 13.5 Å². The van der Waals surface area contributed by atoms with Gasteiger partial charge in [0.1, 0.15) is 11.4 Å². The van der Waals surface area contributed by atoms with Crippen molar-refractivity contribution in [1.29, 1.82) is 0 Å². The van der Waals surface area contributed by atoms with Crippen molar-refractivity contribution >= 4 is 21.7 Å². The maximum absolute atomic E-state index is 11.8. The van der Waals surface area contributed by atoms with E-state index >= 15 is 0 Å². The topological polar surface area (TPSA) is 82.5 Å². The molecule has 0 aliphatic rings. The summed E-state index contributed by atoms with van der Waals surface area (Å²) in [7, 11) is -3.30. The number of benzene rings is 1. The normalized spacial score (nSPS) is 12.1. The Morgan fingerprint density at radius 3 is 2.79 bits per heavy atom. The highest BCUT2D eigenvalue weighted by atomic mass is 32.2. The van der Waals surface area contributed by atoms with Crippen molar-refractivity contribution in [1.82, 2.24) is 4.98 Å². The Kier molecular flexibility index (Phi) is 3.71. The fourth-order valence-electron chi connectivity index (χ4n) is 1.53. The Labute approximate surface area is 111 Å². The average Bonchev–Trinajstić information content (AvgIpc) is 2.90. The van der Waals surface area contributed by atoms with Crippen molar-refractivity contribution in [3.05, 3.63) is 42.2 Å². The summed E-state index contributed by atoms with van der Waals surface area (Å²) in [6.45, 7) is 1.57. The number of H-pyrrole nitrogens is 1. The van der Waals surface area contributed by atoms with Crippen LogP contribution in [0, 0.1) is 0 Å². The van der Waals surface area contributed by atoms with E-state index in [0.717, 1.165) is 5.69 Å². The van der Waals surface area contributed by atoms with Gasteiger partial charge in [-0.1, -0.05) is 6.92 Å². The summed E-state index contributed by atoms with van der Waals surface area (Å²) < 4.78 is 23.5. The van der Waals surface area contributed by atoms with Gasteiger partial charge in [0, 0.05) is 6.20 Å². The summed E-state index contributed by atoms with van der Waals surface area (Å²) in [6.07, 6.45) is 3.27. The van der Waals surface area contributed by atoms with Gasteiger partial charge < -0.3 is 10.1 Å². The first kappa shape index (κ1) is 13.4. The molecule has 0 fully saturated rings. The fourth-order valence-corrected chi connectivity index (χ4v) is 2.43. The first-order chi connectivity index (χ1) is 9.03. The third-order valence-corrected chi connectivity index (χ3v) is 4.38. The molecule has 1 aromatic heterocycles. The third-order valence-electron chi connectivity index (χ3n) is 2.65. The van der Waals surface area contributed by atoms with Gasteiger partial charge in [0.2, 0.25) is 0 Å². The number of hydrogen-bond acceptors (Lipinski definition) is 4. The minimum Gasteiger partial charge on any atom is -0.506 e. The molecule has 6 heteroatoms. The average molecular weight is 278 g/mol. The largest absolute Gasteiger partial charge is 0.506 e. The molecule has 0 radical (unpaired) electrons. The van der Waals surface area contributed by atoms with Crippen LogP contribution in [-0.4, -0.2) is 30.5 Å². The van der Waals surface area contributed by atoms with Crippen LogP contribution in [0.1, 0.15) is 12.6 Å². The van der Waals surface area contributed by atoms with Crippen molar-refractivity contribution in [2.75, 3.05) is 5.75 Å². The smallest absolute Gasteiger partial charge is 0.178 e. The zero-order chi connectivity index (χ0) is 13.9. The first-order valence-corrected chi connectivity index (χ1v) is 7.41. The minimum atomic E-state index is -3.30. The molecule has 0 unspecified atom stereocenters. The first-order valence-electron chi connectivity index (χ1n) is 5.76. The molecule has 0 aliphatic carbocycles. The summed E-state index contributed by atoms with van der Waals surface area (Å²) in [4.78, 5) is 7.18. The monoisotopic (exact) mass is 278 g/mol. The van der Waals surface area contributed by atoms with E-state index in [0.29, 0.717) is 0 Å². The molecule has 0 amide bonds. The molecule has 100 valence electrons. The molecule has 2 rings (SSSR count). The van der Waals surface area contributed by atoms with E-state index in [4.69, 9.17) is 0 Å². The Morgan fingerprint density at radius 1 is 1.37 bits per heavy atom. The zero-order valence-corrected chi connectivity index (χ0v) is 11.2. The quantitative estimate of drug-likeness (QED) is 0.841. The van der Waals surface area contributed by atoms with Crippen LogP contribution in [0.4, 0.5) is 5.69 Å². The number of aromatic hydroxyl groups is 1. The number of aliphatic imine (C=N–C) groups is 1. The molecule has 19 heavy (non-hydrogen) atoms. The van der Waals surface area contributed by atoms with E-state index in [1.54, 1.807) is 13.1 Å². The number of sulfone groups is 1. The lowest BCUT2D eigenvalue weighted by molar-refractivity contribution is 0.476. The lowest BCUT2D eigenvalue weighted by Crippen LogP contribution is -2.03. The lowest BCUT2D eigenvalue weighted by Gasteiger charge is -2.04. The highest BCUT2D eigenvalue weighted by Crippen LogP contribution is 2.29. The van der Waals surface area contributed by atoms with Gasteiger partial charge in [-0.15, -0.1) is 0 Å². The van der Waals surface area contributed by atoms with E-state index < -0.39 is 9.84 Å². The van der Waals surface area contributed by atoms with Crippen molar-refractivity contribution in [3.63, 3.8) is 0 Å². The number of phenolic OH excluding ortho intramolecular Hbond substituents is 1. The number of nitrogens with one attached hydrogen (secondary N) is 1. The fraction of sp³-hybridized carbons (Fsp3) is 0.154. The molecule has 0 saturated carbocycles. The Balaban J connectivity index is 2.38. The van der Waals surface area contributed by atoms with Crippen LogP contribution in [0.3, 0.4) is 0 Å².